The fourth-order valence-corrected chi connectivity index (χ4v) is 5.40. The van der Waals surface area contributed by atoms with Gasteiger partial charge < -0.3 is 4.90 Å². The van der Waals surface area contributed by atoms with Crippen molar-refractivity contribution in [3.63, 3.8) is 0 Å². The topological polar surface area (TPSA) is 97.2 Å². The zero-order valence-corrected chi connectivity index (χ0v) is 20.8. The molecule has 186 valence electrons. The van der Waals surface area contributed by atoms with Crippen LogP contribution in [0.3, 0.4) is 0 Å². The molecule has 1 saturated heterocycles. The van der Waals surface area contributed by atoms with Crippen molar-refractivity contribution in [1.29, 1.82) is 0 Å². The van der Waals surface area contributed by atoms with Gasteiger partial charge in [0.1, 0.15) is 5.69 Å². The van der Waals surface area contributed by atoms with E-state index in [-0.39, 0.29) is 24.6 Å². The normalized spacial score (nSPS) is 21.3. The molecule has 1 saturated carbocycles. The summed E-state index contributed by atoms with van der Waals surface area (Å²) >= 11 is 0. The van der Waals surface area contributed by atoms with Crippen LogP contribution in [-0.4, -0.2) is 54.4 Å². The van der Waals surface area contributed by atoms with E-state index in [1.807, 2.05) is 54.7 Å². The number of sulfonamides is 1. The molecule has 1 aliphatic heterocycles. The number of benzene rings is 1. The minimum atomic E-state index is -3.83. The number of hydrogen-bond donors (Lipinski definition) is 1. The Bertz CT molecular complexity index is 1470. The van der Waals surface area contributed by atoms with Crippen molar-refractivity contribution >= 4 is 32.7 Å². The van der Waals surface area contributed by atoms with Crippen molar-refractivity contribution in [3.8, 4) is 5.69 Å². The number of fused-ring (bicyclic) bond motifs is 1. The van der Waals surface area contributed by atoms with Crippen LogP contribution in [0.5, 0.6) is 0 Å². The van der Waals surface area contributed by atoms with Crippen molar-refractivity contribution in [1.82, 2.24) is 19.5 Å². The highest BCUT2D eigenvalue weighted by atomic mass is 32.2. The quantitative estimate of drug-likeness (QED) is 0.569. The van der Waals surface area contributed by atoms with E-state index >= 15 is 0 Å². The molecule has 1 aliphatic carbocycles. The zero-order valence-electron chi connectivity index (χ0n) is 20.0. The Hall–Kier alpha value is -3.08. The summed E-state index contributed by atoms with van der Waals surface area (Å²) in [5.74, 6) is -3.60. The van der Waals surface area contributed by atoms with Crippen LogP contribution >= 0.6 is 0 Å². The SMILES string of the molecule is Cc1cccc(-n2nc(C(C)C)c3c(N4CCC5(C4)CC5(F)F)cc(C(=O)NS(C)(=O)=O)nc32)c1. The van der Waals surface area contributed by atoms with Gasteiger partial charge in [0.05, 0.1) is 34.1 Å². The van der Waals surface area contributed by atoms with Crippen LogP contribution in [0, 0.1) is 12.3 Å². The number of aryl methyl sites for hydroxylation is 1. The Balaban J connectivity index is 1.74. The predicted octanol–water partition coefficient (Wildman–Crippen LogP) is 3.78. The maximum absolute atomic E-state index is 14.2. The lowest BCUT2D eigenvalue weighted by atomic mass is 10.0. The summed E-state index contributed by atoms with van der Waals surface area (Å²) in [6, 6.07) is 9.12. The van der Waals surface area contributed by atoms with E-state index in [1.54, 1.807) is 4.68 Å². The second kappa shape index (κ2) is 7.71. The van der Waals surface area contributed by atoms with E-state index < -0.39 is 27.3 Å². The van der Waals surface area contributed by atoms with Crippen LogP contribution in [0.2, 0.25) is 0 Å². The number of pyridine rings is 1. The molecular weight excluding hydrogens is 476 g/mol. The van der Waals surface area contributed by atoms with Crippen LogP contribution < -0.4 is 9.62 Å². The minimum absolute atomic E-state index is 0.0151. The average molecular weight is 504 g/mol. The molecule has 35 heavy (non-hydrogen) atoms. The lowest BCUT2D eigenvalue weighted by Crippen LogP contribution is -2.30. The molecule has 1 spiro atoms. The van der Waals surface area contributed by atoms with Gasteiger partial charge in [-0.25, -0.2) is 31.6 Å². The molecule has 1 aromatic carbocycles. The number of nitrogens with one attached hydrogen (secondary N) is 1. The molecule has 11 heteroatoms. The molecule has 1 atom stereocenters. The van der Waals surface area contributed by atoms with Crippen molar-refractivity contribution in [2.45, 2.75) is 45.5 Å². The summed E-state index contributed by atoms with van der Waals surface area (Å²) in [7, 11) is -3.83. The number of anilines is 1. The fraction of sp³-hybridized carbons (Fsp3) is 0.458. The molecular formula is C24H27F2N5O3S. The lowest BCUT2D eigenvalue weighted by molar-refractivity contribution is 0.0711. The van der Waals surface area contributed by atoms with Crippen LogP contribution in [0.25, 0.3) is 16.7 Å². The van der Waals surface area contributed by atoms with Crippen LogP contribution in [0.4, 0.5) is 14.5 Å². The van der Waals surface area contributed by atoms with Crippen molar-refractivity contribution in [2.24, 2.45) is 5.41 Å². The molecule has 2 fully saturated rings. The van der Waals surface area contributed by atoms with Gasteiger partial charge in [0, 0.05) is 19.5 Å². The number of nitrogens with zero attached hydrogens (tertiary/aromatic N) is 4. The van der Waals surface area contributed by atoms with Gasteiger partial charge in [-0.05, 0) is 43.0 Å². The molecule has 0 bridgehead atoms. The number of halogens is 2. The third-order valence-electron chi connectivity index (χ3n) is 6.85. The Morgan fingerprint density at radius 1 is 1.23 bits per heavy atom. The number of aromatic nitrogens is 3. The van der Waals surface area contributed by atoms with Gasteiger partial charge in [0.25, 0.3) is 11.8 Å². The van der Waals surface area contributed by atoms with Gasteiger partial charge in [0.15, 0.2) is 5.65 Å². The van der Waals surface area contributed by atoms with E-state index in [1.165, 1.54) is 6.07 Å². The van der Waals surface area contributed by atoms with E-state index in [2.05, 4.69) is 4.98 Å². The molecule has 3 aromatic rings. The first-order valence-corrected chi connectivity index (χ1v) is 13.3. The number of alkyl halides is 2. The molecule has 3 heterocycles. The largest absolute Gasteiger partial charge is 0.370 e. The lowest BCUT2D eigenvalue weighted by Gasteiger charge is -2.21. The maximum Gasteiger partial charge on any atom is 0.283 e. The predicted molar refractivity (Wildman–Crippen MR) is 129 cm³/mol. The number of hydrogen-bond acceptors (Lipinski definition) is 6. The first-order chi connectivity index (χ1) is 16.3. The fourth-order valence-electron chi connectivity index (χ4n) is 4.95. The summed E-state index contributed by atoms with van der Waals surface area (Å²) in [6.07, 6.45) is 1.08. The van der Waals surface area contributed by atoms with Crippen LogP contribution in [0.1, 0.15) is 54.4 Å². The van der Waals surface area contributed by atoms with Gasteiger partial charge in [-0.2, -0.15) is 5.10 Å². The maximum atomic E-state index is 14.2. The third-order valence-corrected chi connectivity index (χ3v) is 7.41. The number of amides is 1. The third kappa shape index (κ3) is 4.05. The molecule has 1 unspecified atom stereocenters. The second-order valence-corrected chi connectivity index (χ2v) is 11.8. The highest BCUT2D eigenvalue weighted by molar-refractivity contribution is 7.89. The summed E-state index contributed by atoms with van der Waals surface area (Å²) in [5, 5.41) is 5.50. The summed E-state index contributed by atoms with van der Waals surface area (Å²) in [6.45, 7) is 6.46. The molecule has 1 amide bonds. The molecule has 2 aromatic heterocycles. The van der Waals surface area contributed by atoms with Gasteiger partial charge >= 0.3 is 0 Å². The highest BCUT2D eigenvalue weighted by Gasteiger charge is 2.72. The Morgan fingerprint density at radius 2 is 1.94 bits per heavy atom. The van der Waals surface area contributed by atoms with Gasteiger partial charge in [0.2, 0.25) is 10.0 Å². The second-order valence-electron chi connectivity index (χ2n) is 10.1. The zero-order chi connectivity index (χ0) is 25.3. The summed E-state index contributed by atoms with van der Waals surface area (Å²) in [5.41, 5.74) is 2.22. The Labute approximate surface area is 202 Å². The average Bonchev–Trinajstić information content (AvgIpc) is 3.10. The minimum Gasteiger partial charge on any atom is -0.370 e. The first kappa shape index (κ1) is 23.7. The van der Waals surface area contributed by atoms with Gasteiger partial charge in [-0.15, -0.1) is 0 Å². The van der Waals surface area contributed by atoms with Crippen LogP contribution in [-0.2, 0) is 10.0 Å². The smallest absolute Gasteiger partial charge is 0.283 e. The van der Waals surface area contributed by atoms with Crippen molar-refractivity contribution < 1.29 is 22.0 Å². The number of rotatable bonds is 5. The first-order valence-electron chi connectivity index (χ1n) is 11.5. The van der Waals surface area contributed by atoms with Gasteiger partial charge in [-0.3, -0.25) is 4.79 Å². The Kier molecular flexibility index (Phi) is 5.21. The molecule has 5 rings (SSSR count). The van der Waals surface area contributed by atoms with Crippen molar-refractivity contribution in [2.75, 3.05) is 24.2 Å². The summed E-state index contributed by atoms with van der Waals surface area (Å²) in [4.78, 5) is 19.2. The number of carbonyl (C=O) groups excluding carboxylic acids is 1. The molecule has 1 N–H and O–H groups in total. The standard InChI is InChI=1S/C24H27F2N5O3S/c1-14(2)20-19-18(30-9-8-23(13-30)12-24(23,25)26)11-17(22(32)29-35(4,33)34)27-21(19)31(28-20)16-7-5-6-15(3)10-16/h5-7,10-11,14H,8-9,12-13H2,1-4H3,(H,29,32). The molecule has 2 aliphatic rings. The van der Waals surface area contributed by atoms with Gasteiger partial charge in [-0.1, -0.05) is 26.0 Å². The summed E-state index contributed by atoms with van der Waals surface area (Å²) < 4.78 is 55.4. The molecule has 8 nitrogen and oxygen atoms in total. The molecule has 0 radical (unpaired) electrons. The monoisotopic (exact) mass is 503 g/mol. The van der Waals surface area contributed by atoms with E-state index in [9.17, 15) is 22.0 Å². The number of carbonyl (C=O) groups is 1. The van der Waals surface area contributed by atoms with Crippen LogP contribution in [0.15, 0.2) is 30.3 Å². The van der Waals surface area contributed by atoms with E-state index in [4.69, 9.17) is 5.10 Å². The van der Waals surface area contributed by atoms with E-state index in [0.29, 0.717) is 29.7 Å². The Morgan fingerprint density at radius 3 is 2.51 bits per heavy atom. The van der Waals surface area contributed by atoms with Crippen molar-refractivity contribution in [3.05, 3.63) is 47.3 Å². The highest BCUT2D eigenvalue weighted by Crippen LogP contribution is 2.65. The van der Waals surface area contributed by atoms with E-state index in [0.717, 1.165) is 23.2 Å².